The number of methoxy groups -OCH3 is 3. The summed E-state index contributed by atoms with van der Waals surface area (Å²) in [5.74, 6) is -0.694. The summed E-state index contributed by atoms with van der Waals surface area (Å²) in [4.78, 5) is 37.5. The van der Waals surface area contributed by atoms with E-state index in [-0.39, 0.29) is 22.8 Å². The van der Waals surface area contributed by atoms with E-state index in [0.717, 1.165) is 16.8 Å². The third-order valence-electron chi connectivity index (χ3n) is 4.78. The molecule has 0 saturated carbocycles. The highest BCUT2D eigenvalue weighted by atomic mass is 19.1. The number of ether oxygens (including phenoxy) is 5. The number of aliphatic hydroxyl groups is 2. The number of halogens is 1. The predicted molar refractivity (Wildman–Crippen MR) is 104 cm³/mol. The zero-order valence-corrected chi connectivity index (χ0v) is 17.2. The van der Waals surface area contributed by atoms with E-state index in [4.69, 9.17) is 23.7 Å². The van der Waals surface area contributed by atoms with Crippen molar-refractivity contribution in [2.75, 3.05) is 21.3 Å². The second-order valence-electron chi connectivity index (χ2n) is 6.66. The van der Waals surface area contributed by atoms with Crippen LogP contribution < -0.4 is 25.5 Å². The quantitative estimate of drug-likeness (QED) is 0.456. The molecule has 1 saturated heterocycles. The Labute approximate surface area is 179 Å². The van der Waals surface area contributed by atoms with Crippen molar-refractivity contribution in [1.29, 1.82) is 0 Å². The zero-order valence-electron chi connectivity index (χ0n) is 17.2. The van der Waals surface area contributed by atoms with Crippen LogP contribution in [0.4, 0.5) is 4.39 Å². The number of alkyl halides is 1. The van der Waals surface area contributed by atoms with Crippen LogP contribution in [0.15, 0.2) is 34.0 Å². The van der Waals surface area contributed by atoms with E-state index in [1.54, 1.807) is 0 Å². The summed E-state index contributed by atoms with van der Waals surface area (Å²) in [7, 11) is 4.02. The van der Waals surface area contributed by atoms with Gasteiger partial charge in [0.2, 0.25) is 5.75 Å². The highest BCUT2D eigenvalue weighted by molar-refractivity contribution is 5.91. The number of rotatable bonds is 7. The minimum absolute atomic E-state index is 0.124. The second kappa shape index (κ2) is 9.38. The summed E-state index contributed by atoms with van der Waals surface area (Å²) >= 11 is 0. The third kappa shape index (κ3) is 4.30. The van der Waals surface area contributed by atoms with E-state index in [2.05, 4.69) is 0 Å². The molecule has 0 aliphatic carbocycles. The largest absolute Gasteiger partial charge is 0.493 e. The maximum Gasteiger partial charge on any atom is 0.341 e. The Hall–Kier alpha value is -3.42. The summed E-state index contributed by atoms with van der Waals surface area (Å²) in [5.41, 5.74) is -1.79. The molecule has 12 nitrogen and oxygen atoms in total. The molecular weight excluding hydrogens is 435 g/mol. The van der Waals surface area contributed by atoms with Crippen LogP contribution in [-0.4, -0.2) is 71.7 Å². The van der Waals surface area contributed by atoms with Crippen molar-refractivity contribution in [3.63, 3.8) is 0 Å². The van der Waals surface area contributed by atoms with Gasteiger partial charge in [0.05, 0.1) is 26.9 Å². The highest BCUT2D eigenvalue weighted by Crippen LogP contribution is 2.39. The molecule has 1 aromatic heterocycles. The molecule has 32 heavy (non-hydrogen) atoms. The van der Waals surface area contributed by atoms with E-state index >= 15 is 0 Å². The van der Waals surface area contributed by atoms with Gasteiger partial charge in [-0.25, -0.2) is 9.59 Å². The molecule has 0 bridgehead atoms. The Bertz CT molecular complexity index is 1070. The zero-order chi connectivity index (χ0) is 23.6. The monoisotopic (exact) mass is 456 g/mol. The maximum atomic E-state index is 14.8. The van der Waals surface area contributed by atoms with Crippen LogP contribution >= 0.6 is 0 Å². The van der Waals surface area contributed by atoms with Crippen molar-refractivity contribution in [3.8, 4) is 17.2 Å². The molecule has 1 aromatic carbocycles. The van der Waals surface area contributed by atoms with Gasteiger partial charge in [0, 0.05) is 12.3 Å². The molecular formula is C19H21FN2O10. The van der Waals surface area contributed by atoms with Gasteiger partial charge < -0.3 is 33.9 Å². The lowest BCUT2D eigenvalue weighted by Gasteiger charge is -2.20. The Balaban J connectivity index is 1.79. The number of hydrogen-bond acceptors (Lipinski definition) is 10. The number of aliphatic hydroxyl groups excluding tert-OH is 2. The molecule has 0 amide bonds. The first-order valence-corrected chi connectivity index (χ1v) is 9.20. The van der Waals surface area contributed by atoms with Gasteiger partial charge in [0.1, 0.15) is 12.2 Å². The van der Waals surface area contributed by atoms with Gasteiger partial charge in [-0.2, -0.15) is 4.39 Å². The Morgan fingerprint density at radius 2 is 1.75 bits per heavy atom. The normalized spacial score (nSPS) is 23.4. The first-order valence-electron chi connectivity index (χ1n) is 9.20. The maximum absolute atomic E-state index is 14.8. The van der Waals surface area contributed by atoms with Crippen LogP contribution in [0.25, 0.3) is 0 Å². The molecule has 2 heterocycles. The summed E-state index contributed by atoms with van der Waals surface area (Å²) < 4.78 is 40.9. The van der Waals surface area contributed by atoms with Gasteiger partial charge in [-0.05, 0) is 12.1 Å². The van der Waals surface area contributed by atoms with Crippen LogP contribution in [0.3, 0.4) is 0 Å². The fourth-order valence-corrected chi connectivity index (χ4v) is 3.20. The molecule has 3 rings (SSSR count). The summed E-state index contributed by atoms with van der Waals surface area (Å²) in [5, 5.41) is 20.4. The molecule has 13 heteroatoms. The number of H-pyrrole nitrogens is 1. The molecule has 0 radical (unpaired) electrons. The van der Waals surface area contributed by atoms with Crippen molar-refractivity contribution in [3.05, 3.63) is 50.8 Å². The molecule has 2 aromatic rings. The van der Waals surface area contributed by atoms with Crippen LogP contribution in [-0.2, 0) is 9.47 Å². The standard InChI is InChI=1S/C19H21FN2O10/c1-28-9-6-8(7-10(29-2)14(9)30-3)18(26)32-16(20)15-12(24)13(25)17(31-15)22-5-4-11(23)21-19(22)27/h4-7,12-13,15-17,24-25H,1-3H3,(H,21,23,27)/t12-,13+,15-,16?,17+/m0/s1. The van der Waals surface area contributed by atoms with Crippen molar-refractivity contribution in [2.24, 2.45) is 0 Å². The lowest BCUT2D eigenvalue weighted by Crippen LogP contribution is -2.39. The van der Waals surface area contributed by atoms with E-state index in [1.165, 1.54) is 33.5 Å². The minimum atomic E-state index is -2.52. The first-order chi connectivity index (χ1) is 15.2. The number of aromatic amines is 1. The number of hydrogen-bond donors (Lipinski definition) is 3. The summed E-state index contributed by atoms with van der Waals surface area (Å²) in [6.45, 7) is 0. The predicted octanol–water partition coefficient (Wildman–Crippen LogP) is -0.666. The Morgan fingerprint density at radius 3 is 2.28 bits per heavy atom. The third-order valence-corrected chi connectivity index (χ3v) is 4.78. The summed E-state index contributed by atoms with van der Waals surface area (Å²) in [6.07, 6.45) is -8.45. The smallest absolute Gasteiger partial charge is 0.341 e. The van der Waals surface area contributed by atoms with Crippen LogP contribution in [0.2, 0.25) is 0 Å². The van der Waals surface area contributed by atoms with E-state index in [9.17, 15) is 29.0 Å². The van der Waals surface area contributed by atoms with Gasteiger partial charge in [0.15, 0.2) is 23.8 Å². The minimum Gasteiger partial charge on any atom is -0.493 e. The van der Waals surface area contributed by atoms with Crippen LogP contribution in [0.5, 0.6) is 17.2 Å². The SMILES string of the molecule is COc1cc(C(=O)OC(F)[C@H]2O[C@@H](n3ccc(=O)[nH]c3=O)[C@H](O)[C@@H]2O)cc(OC)c1OC. The van der Waals surface area contributed by atoms with E-state index in [0.29, 0.717) is 0 Å². The fraction of sp³-hybridized carbons (Fsp3) is 0.421. The molecule has 1 unspecified atom stereocenters. The average Bonchev–Trinajstić information content (AvgIpc) is 3.07. The number of nitrogens with one attached hydrogen (secondary N) is 1. The number of nitrogens with zero attached hydrogens (tertiary/aromatic N) is 1. The van der Waals surface area contributed by atoms with Gasteiger partial charge >= 0.3 is 11.7 Å². The number of carbonyl (C=O) groups excluding carboxylic acids is 1. The highest BCUT2D eigenvalue weighted by Gasteiger charge is 2.49. The number of esters is 1. The van der Waals surface area contributed by atoms with Gasteiger partial charge in [-0.1, -0.05) is 0 Å². The van der Waals surface area contributed by atoms with Crippen LogP contribution in [0, 0.1) is 0 Å². The lowest BCUT2D eigenvalue weighted by atomic mass is 10.1. The van der Waals surface area contributed by atoms with Crippen molar-refractivity contribution in [1.82, 2.24) is 9.55 Å². The van der Waals surface area contributed by atoms with E-state index < -0.39 is 48.1 Å². The topological polar surface area (TPSA) is 159 Å². The number of benzene rings is 1. The Kier molecular flexibility index (Phi) is 6.81. The van der Waals surface area contributed by atoms with Gasteiger partial charge in [0.25, 0.3) is 11.9 Å². The molecule has 5 atom stereocenters. The molecule has 0 spiro atoms. The second-order valence-corrected chi connectivity index (χ2v) is 6.66. The van der Waals surface area contributed by atoms with Crippen molar-refractivity contribution >= 4 is 5.97 Å². The van der Waals surface area contributed by atoms with Crippen molar-refractivity contribution in [2.45, 2.75) is 30.9 Å². The van der Waals surface area contributed by atoms with Gasteiger partial charge in [-0.3, -0.25) is 14.3 Å². The molecule has 1 aliphatic rings. The average molecular weight is 456 g/mol. The van der Waals surface area contributed by atoms with Crippen LogP contribution in [0.1, 0.15) is 16.6 Å². The summed E-state index contributed by atoms with van der Waals surface area (Å²) in [6, 6.07) is 3.45. The van der Waals surface area contributed by atoms with E-state index in [1.807, 2.05) is 4.98 Å². The number of carbonyl (C=O) groups is 1. The van der Waals surface area contributed by atoms with Gasteiger partial charge in [-0.15, -0.1) is 0 Å². The number of aromatic nitrogens is 2. The first kappa shape index (κ1) is 23.2. The molecule has 3 N–H and O–H groups in total. The lowest BCUT2D eigenvalue weighted by molar-refractivity contribution is -0.136. The Morgan fingerprint density at radius 1 is 1.12 bits per heavy atom. The van der Waals surface area contributed by atoms with Crippen molar-refractivity contribution < 1.29 is 43.1 Å². The molecule has 174 valence electrons. The molecule has 1 fully saturated rings. The molecule has 1 aliphatic heterocycles. The fourth-order valence-electron chi connectivity index (χ4n) is 3.20.